The van der Waals surface area contributed by atoms with E-state index in [0.717, 1.165) is 88.8 Å². The van der Waals surface area contributed by atoms with Crippen molar-refractivity contribution in [3.05, 3.63) is 90.9 Å². The highest BCUT2D eigenvalue weighted by atomic mass is 79.9. The van der Waals surface area contributed by atoms with Crippen LogP contribution in [0, 0.1) is 35.1 Å². The minimum absolute atomic E-state index is 0.00577. The van der Waals surface area contributed by atoms with E-state index in [-0.39, 0.29) is 75.0 Å². The maximum Gasteiger partial charge on any atom is 0.368 e. The molecule has 4 atom stereocenters. The van der Waals surface area contributed by atoms with E-state index in [4.69, 9.17) is 16.6 Å². The van der Waals surface area contributed by atoms with Crippen molar-refractivity contribution in [1.29, 1.82) is 0 Å². The summed E-state index contributed by atoms with van der Waals surface area (Å²) >= 11 is 3.25. The van der Waals surface area contributed by atoms with Crippen LogP contribution in [0.25, 0.3) is 11.4 Å². The molecule has 0 spiro atoms. The van der Waals surface area contributed by atoms with E-state index in [0.29, 0.717) is 17.3 Å². The number of aromatic nitrogens is 12. The van der Waals surface area contributed by atoms with E-state index in [2.05, 4.69) is 127 Å². The van der Waals surface area contributed by atoms with Gasteiger partial charge in [0.15, 0.2) is 23.3 Å². The van der Waals surface area contributed by atoms with E-state index in [1.807, 2.05) is 0 Å². The lowest BCUT2D eigenvalue weighted by molar-refractivity contribution is -0.0163. The van der Waals surface area contributed by atoms with Gasteiger partial charge in [0.2, 0.25) is 11.9 Å². The molecule has 0 saturated carbocycles. The molecule has 10 rings (SSSR count). The third kappa shape index (κ3) is 10.7. The molecule has 0 unspecified atom stereocenters. The lowest BCUT2D eigenvalue weighted by Crippen LogP contribution is -2.66. The van der Waals surface area contributed by atoms with Crippen LogP contribution in [0.3, 0.4) is 0 Å². The quantitative estimate of drug-likeness (QED) is 0.0757. The fourth-order valence-corrected chi connectivity index (χ4v) is 11.6. The van der Waals surface area contributed by atoms with Gasteiger partial charge in [0.1, 0.15) is 18.2 Å². The Bertz CT molecular complexity index is 3340. The Labute approximate surface area is 435 Å². The molecular formula is C47H57BrF4N20O3. The van der Waals surface area contributed by atoms with Gasteiger partial charge in [-0.25, -0.2) is 37.1 Å². The molecule has 8 heterocycles. The van der Waals surface area contributed by atoms with Crippen molar-refractivity contribution in [2.45, 2.75) is 114 Å². The fraction of sp³-hybridized carbons (Fsp3) is 0.489. The van der Waals surface area contributed by atoms with Crippen molar-refractivity contribution in [3.63, 3.8) is 0 Å². The Balaban J connectivity index is 0.000000184. The molecule has 4 aliphatic heterocycles. The minimum atomic E-state index is -0.735. The Kier molecular flexibility index (Phi) is 14.3. The number of benzene rings is 2. The average molecular weight is 1110 g/mol. The van der Waals surface area contributed by atoms with Gasteiger partial charge in [-0.05, 0) is 140 Å². The van der Waals surface area contributed by atoms with Gasteiger partial charge >= 0.3 is 11.4 Å². The summed E-state index contributed by atoms with van der Waals surface area (Å²) in [4.78, 5) is 45.9. The van der Waals surface area contributed by atoms with Crippen LogP contribution in [0.1, 0.15) is 84.6 Å². The highest BCUT2D eigenvalue weighted by Crippen LogP contribution is 2.44. The topological polar surface area (TPSA) is 284 Å². The van der Waals surface area contributed by atoms with Crippen molar-refractivity contribution in [2.24, 2.45) is 25.6 Å². The zero-order valence-electron chi connectivity index (χ0n) is 42.0. The Morgan fingerprint density at radius 2 is 1.13 bits per heavy atom. The van der Waals surface area contributed by atoms with Crippen molar-refractivity contribution in [3.8, 4) is 23.2 Å². The van der Waals surface area contributed by atoms with Crippen LogP contribution >= 0.6 is 15.9 Å². The molecule has 0 aliphatic carbocycles. The second kappa shape index (κ2) is 20.3. The second-order valence-electron chi connectivity index (χ2n) is 20.6. The summed E-state index contributed by atoms with van der Waals surface area (Å²) in [5, 5.41) is 35.9. The van der Waals surface area contributed by atoms with E-state index in [1.165, 1.54) is 32.3 Å². The predicted octanol–water partition coefficient (Wildman–Crippen LogP) is 3.87. The average Bonchev–Trinajstić information content (AvgIpc) is 4.12. The lowest BCUT2D eigenvalue weighted by atomic mass is 9.80. The number of anilines is 6. The SMILES string of the molecule is Cn1nnn(-c2cc(Nc3ncc(F)c(N[C@H]4CC(C)(C)N5CCC[C@@]5(N)C4)n3)c(F)cc2Br)c1=O.Cn1nnn(-c2cc(Nc3ncc(F)c(N[C@H]4CC(C)(C)N5CCC[C@@]5(N)C4)n3)c(F)cc2C#CCO)c1=O. The maximum atomic E-state index is 15.1. The third-order valence-corrected chi connectivity index (χ3v) is 14.8. The summed E-state index contributed by atoms with van der Waals surface area (Å²) in [6.07, 6.45) is 8.59. The highest BCUT2D eigenvalue weighted by molar-refractivity contribution is 9.10. The van der Waals surface area contributed by atoms with E-state index >= 15 is 4.39 Å². The third-order valence-electron chi connectivity index (χ3n) is 14.2. The number of tetrazole rings is 2. The van der Waals surface area contributed by atoms with Crippen LogP contribution in [0.5, 0.6) is 0 Å². The van der Waals surface area contributed by atoms with Gasteiger partial charge in [-0.15, -0.1) is 0 Å². The largest absolute Gasteiger partial charge is 0.384 e. The summed E-state index contributed by atoms with van der Waals surface area (Å²) in [6.45, 7) is 9.99. The van der Waals surface area contributed by atoms with Crippen molar-refractivity contribution < 1.29 is 22.7 Å². The summed E-state index contributed by atoms with van der Waals surface area (Å²) < 4.78 is 63.6. The monoisotopic (exact) mass is 1100 g/mol. The molecule has 23 nitrogen and oxygen atoms in total. The standard InChI is InChI=1S/C25H30F2N10O2.C22H27BrF2N10O/c1-24(2)12-16(13-25(28)7-5-8-36(24)25)30-21-18(27)14-29-22(32-21)31-19-11-20(37-23(39)35(3)33-34-37)15(6-4-9-38)10-17(19)26;1-21(2)9-12(10-22(26)5-4-6-34(21)22)28-18-15(25)11-27-19(30-18)29-16-8-17(13(23)7-14(16)24)35-20(36)33(3)31-32-35/h10-11,14,16,38H,5,7-9,12-13,28H2,1-3H3,(H2,29,30,31,32);7-8,11-12H,4-6,9-10,26H2,1-3H3,(H2,27,28,29,30)/t16-,25-;12-,22-/m00/s1. The first-order chi connectivity index (χ1) is 35.5. The fourth-order valence-electron chi connectivity index (χ4n) is 11.1. The first-order valence-electron chi connectivity index (χ1n) is 24.1. The normalized spacial score (nSPS) is 22.8. The van der Waals surface area contributed by atoms with Crippen LogP contribution < -0.4 is 44.1 Å². The Morgan fingerprint density at radius 3 is 1.59 bits per heavy atom. The number of hydrogen-bond donors (Lipinski definition) is 7. The van der Waals surface area contributed by atoms with Gasteiger partial charge in [-0.1, -0.05) is 11.8 Å². The van der Waals surface area contributed by atoms with Crippen molar-refractivity contribution in [2.75, 3.05) is 41.0 Å². The molecule has 6 aromatic rings. The van der Waals surface area contributed by atoms with E-state index in [1.54, 1.807) is 0 Å². The molecule has 4 aliphatic rings. The second-order valence-corrected chi connectivity index (χ2v) is 21.4. The summed E-state index contributed by atoms with van der Waals surface area (Å²) in [5.74, 6) is 2.29. The number of fused-ring (bicyclic) bond motifs is 2. The van der Waals surface area contributed by atoms with Crippen LogP contribution in [-0.2, 0) is 14.1 Å². The molecule has 398 valence electrons. The van der Waals surface area contributed by atoms with E-state index in [9.17, 15) is 22.8 Å². The number of nitrogens with one attached hydrogen (secondary N) is 4. The van der Waals surface area contributed by atoms with Gasteiger partial charge in [0, 0.05) is 54.8 Å². The number of nitrogens with two attached hydrogens (primary N) is 2. The number of aliphatic hydroxyl groups is 1. The lowest BCUT2D eigenvalue weighted by Gasteiger charge is -2.53. The van der Waals surface area contributed by atoms with Gasteiger partial charge < -0.3 is 37.8 Å². The van der Waals surface area contributed by atoms with Gasteiger partial charge in [0.25, 0.3) is 0 Å². The number of aliphatic hydroxyl groups excluding tert-OH is 1. The molecule has 4 fully saturated rings. The molecular weight excluding hydrogens is 1050 g/mol. The Hall–Kier alpha value is -6.90. The first kappa shape index (κ1) is 52.9. The summed E-state index contributed by atoms with van der Waals surface area (Å²) in [7, 11) is 2.87. The molecule has 2 aromatic carbocycles. The van der Waals surface area contributed by atoms with Gasteiger partial charge in [-0.3, -0.25) is 9.80 Å². The molecule has 75 heavy (non-hydrogen) atoms. The zero-order valence-corrected chi connectivity index (χ0v) is 43.6. The summed E-state index contributed by atoms with van der Waals surface area (Å²) in [6, 6.07) is 4.70. The number of aryl methyl sites for hydroxylation is 2. The Morgan fingerprint density at radius 1 is 0.680 bits per heavy atom. The molecule has 0 amide bonds. The number of hydrogen-bond acceptors (Lipinski definition) is 19. The number of halogens is 5. The van der Waals surface area contributed by atoms with E-state index < -0.39 is 52.6 Å². The summed E-state index contributed by atoms with van der Waals surface area (Å²) in [5.41, 5.74) is 11.5. The highest BCUT2D eigenvalue weighted by Gasteiger charge is 2.52. The van der Waals surface area contributed by atoms with Gasteiger partial charge in [0.05, 0.1) is 52.0 Å². The van der Waals surface area contributed by atoms with Crippen LogP contribution in [0.4, 0.5) is 52.5 Å². The minimum Gasteiger partial charge on any atom is -0.384 e. The number of piperidine rings is 2. The van der Waals surface area contributed by atoms with Gasteiger partial charge in [-0.2, -0.15) is 28.7 Å². The molecule has 0 radical (unpaired) electrons. The molecule has 28 heteroatoms. The molecule has 4 aromatic heterocycles. The maximum absolute atomic E-state index is 15.1. The number of nitrogens with zero attached hydrogens (tertiary/aromatic N) is 14. The molecule has 9 N–H and O–H groups in total. The predicted molar refractivity (Wildman–Crippen MR) is 272 cm³/mol. The molecule has 4 saturated heterocycles. The molecule has 0 bridgehead atoms. The van der Waals surface area contributed by atoms with Crippen molar-refractivity contribution in [1.82, 2.24) is 69.3 Å². The zero-order chi connectivity index (χ0) is 53.8. The number of rotatable bonds is 10. The van der Waals surface area contributed by atoms with Crippen LogP contribution in [-0.4, -0.2) is 129 Å². The first-order valence-corrected chi connectivity index (χ1v) is 24.9. The van der Waals surface area contributed by atoms with Crippen LogP contribution in [0.15, 0.2) is 50.7 Å². The van der Waals surface area contributed by atoms with Crippen molar-refractivity contribution >= 4 is 50.8 Å². The smallest absolute Gasteiger partial charge is 0.368 e. The van der Waals surface area contributed by atoms with Crippen LogP contribution in [0.2, 0.25) is 0 Å².